The van der Waals surface area contributed by atoms with Crippen LogP contribution in [-0.2, 0) is 11.3 Å². The topological polar surface area (TPSA) is 34.1 Å². The van der Waals surface area contributed by atoms with Gasteiger partial charge in [0.15, 0.2) is 0 Å². The number of hydrogen-bond donors (Lipinski definition) is 1. The van der Waals surface area contributed by atoms with Gasteiger partial charge in [0.1, 0.15) is 5.82 Å². The maximum Gasteiger partial charge on any atom is 0.141 e. The van der Waals surface area contributed by atoms with Crippen molar-refractivity contribution in [3.8, 4) is 0 Å². The van der Waals surface area contributed by atoms with Crippen LogP contribution >= 0.6 is 0 Å². The van der Waals surface area contributed by atoms with E-state index in [1.165, 1.54) is 18.7 Å². The molecule has 2 heterocycles. The van der Waals surface area contributed by atoms with Gasteiger partial charge in [-0.1, -0.05) is 0 Å². The molecule has 0 amide bonds. The first-order valence-electron chi connectivity index (χ1n) is 5.22. The molecule has 1 aromatic rings. The minimum Gasteiger partial charge on any atom is -0.376 e. The third-order valence-corrected chi connectivity index (χ3v) is 2.55. The molecule has 0 saturated carbocycles. The van der Waals surface area contributed by atoms with Crippen molar-refractivity contribution < 1.29 is 9.13 Å². The molecule has 0 aromatic carbocycles. The maximum atomic E-state index is 12.8. The van der Waals surface area contributed by atoms with Crippen molar-refractivity contribution in [3.05, 3.63) is 29.8 Å². The van der Waals surface area contributed by atoms with E-state index < -0.39 is 0 Å². The summed E-state index contributed by atoms with van der Waals surface area (Å²) in [7, 11) is 0. The molecule has 1 N–H and O–H groups in total. The fraction of sp³-hybridized carbons (Fsp3) is 0.545. The Kier molecular flexibility index (Phi) is 3.64. The summed E-state index contributed by atoms with van der Waals surface area (Å²) in [5.41, 5.74) is 0.793. The van der Waals surface area contributed by atoms with Crippen LogP contribution in [0.3, 0.4) is 0 Å². The van der Waals surface area contributed by atoms with Gasteiger partial charge in [-0.05, 0) is 30.5 Å². The molecule has 1 unspecified atom stereocenters. The first-order chi connectivity index (χ1) is 7.34. The zero-order valence-electron chi connectivity index (χ0n) is 8.58. The predicted molar refractivity (Wildman–Crippen MR) is 54.8 cm³/mol. The first kappa shape index (κ1) is 10.5. The lowest BCUT2D eigenvalue weighted by atomic mass is 10.1. The fourth-order valence-corrected chi connectivity index (χ4v) is 1.73. The van der Waals surface area contributed by atoms with Crippen LogP contribution in [0.25, 0.3) is 0 Å². The summed E-state index contributed by atoms with van der Waals surface area (Å²) in [6, 6.07) is 1.46. The molecule has 1 atom stereocenters. The van der Waals surface area contributed by atoms with Crippen molar-refractivity contribution >= 4 is 0 Å². The molecular formula is C11H15FN2O. The Hall–Kier alpha value is -1.00. The Labute approximate surface area is 88.7 Å². The van der Waals surface area contributed by atoms with Crippen LogP contribution in [0.15, 0.2) is 18.5 Å². The fourth-order valence-electron chi connectivity index (χ4n) is 1.73. The third kappa shape index (κ3) is 3.25. The summed E-state index contributed by atoms with van der Waals surface area (Å²) in [5.74, 6) is 0.296. The standard InChI is InChI=1S/C11H15FN2O/c12-11-3-10(5-14-6-11)8-15-7-9-1-2-13-4-9/h3,5-6,9,13H,1-2,4,7-8H2. The molecule has 1 aliphatic rings. The number of halogens is 1. The first-order valence-corrected chi connectivity index (χ1v) is 5.22. The van der Waals surface area contributed by atoms with Gasteiger partial charge in [0.2, 0.25) is 0 Å². The molecule has 1 fully saturated rings. The lowest BCUT2D eigenvalue weighted by molar-refractivity contribution is 0.0921. The van der Waals surface area contributed by atoms with E-state index in [0.29, 0.717) is 12.5 Å². The summed E-state index contributed by atoms with van der Waals surface area (Å²) in [6.45, 7) is 3.29. The molecule has 15 heavy (non-hydrogen) atoms. The SMILES string of the molecule is Fc1cncc(COCC2CCNC2)c1. The van der Waals surface area contributed by atoms with Crippen LogP contribution in [0, 0.1) is 11.7 Å². The molecule has 82 valence electrons. The van der Waals surface area contributed by atoms with Crippen molar-refractivity contribution in [2.45, 2.75) is 13.0 Å². The Morgan fingerprint density at radius 3 is 3.20 bits per heavy atom. The van der Waals surface area contributed by atoms with Gasteiger partial charge in [-0.15, -0.1) is 0 Å². The summed E-state index contributed by atoms with van der Waals surface area (Å²) < 4.78 is 18.3. The number of nitrogens with one attached hydrogen (secondary N) is 1. The van der Waals surface area contributed by atoms with Gasteiger partial charge in [-0.3, -0.25) is 4.98 Å². The smallest absolute Gasteiger partial charge is 0.141 e. The van der Waals surface area contributed by atoms with Crippen LogP contribution in [0.1, 0.15) is 12.0 Å². The van der Waals surface area contributed by atoms with Gasteiger partial charge < -0.3 is 10.1 Å². The monoisotopic (exact) mass is 210 g/mol. The predicted octanol–water partition coefficient (Wildman–Crippen LogP) is 1.35. The van der Waals surface area contributed by atoms with Gasteiger partial charge in [-0.25, -0.2) is 4.39 Å². The Morgan fingerprint density at radius 2 is 2.47 bits per heavy atom. The molecule has 0 aliphatic carbocycles. The molecule has 0 bridgehead atoms. The highest BCUT2D eigenvalue weighted by Gasteiger charge is 2.13. The second-order valence-corrected chi connectivity index (χ2v) is 3.89. The Balaban J connectivity index is 1.73. The van der Waals surface area contributed by atoms with Gasteiger partial charge in [-0.2, -0.15) is 0 Å². The molecule has 3 nitrogen and oxygen atoms in total. The molecule has 1 saturated heterocycles. The average Bonchev–Trinajstić information content (AvgIpc) is 2.71. The molecule has 4 heteroatoms. The van der Waals surface area contributed by atoms with Gasteiger partial charge in [0, 0.05) is 12.7 Å². The number of nitrogens with zero attached hydrogens (tertiary/aromatic N) is 1. The van der Waals surface area contributed by atoms with Crippen LogP contribution in [-0.4, -0.2) is 24.7 Å². The van der Waals surface area contributed by atoms with Gasteiger partial charge in [0.05, 0.1) is 19.4 Å². The van der Waals surface area contributed by atoms with E-state index in [0.717, 1.165) is 25.3 Å². The van der Waals surface area contributed by atoms with Crippen LogP contribution in [0.2, 0.25) is 0 Å². The highest BCUT2D eigenvalue weighted by Crippen LogP contribution is 2.09. The lowest BCUT2D eigenvalue weighted by Gasteiger charge is -2.08. The highest BCUT2D eigenvalue weighted by molar-refractivity contribution is 5.08. The molecule has 0 radical (unpaired) electrons. The van der Waals surface area contributed by atoms with Crippen molar-refractivity contribution in [3.63, 3.8) is 0 Å². The van der Waals surface area contributed by atoms with Crippen LogP contribution < -0.4 is 5.32 Å². The van der Waals surface area contributed by atoms with Crippen molar-refractivity contribution in [2.75, 3.05) is 19.7 Å². The molecular weight excluding hydrogens is 195 g/mol. The third-order valence-electron chi connectivity index (χ3n) is 2.55. The van der Waals surface area contributed by atoms with E-state index in [1.807, 2.05) is 0 Å². The van der Waals surface area contributed by atoms with Crippen molar-refractivity contribution in [1.29, 1.82) is 0 Å². The van der Waals surface area contributed by atoms with Crippen molar-refractivity contribution in [1.82, 2.24) is 10.3 Å². The number of ether oxygens (including phenoxy) is 1. The van der Waals surface area contributed by atoms with Crippen molar-refractivity contribution in [2.24, 2.45) is 5.92 Å². The summed E-state index contributed by atoms with van der Waals surface area (Å²) in [5, 5.41) is 3.28. The minimum absolute atomic E-state index is 0.307. The molecule has 1 aliphatic heterocycles. The van der Waals surface area contributed by atoms with E-state index >= 15 is 0 Å². The number of hydrogen-bond acceptors (Lipinski definition) is 3. The van der Waals surface area contributed by atoms with Gasteiger partial charge >= 0.3 is 0 Å². The summed E-state index contributed by atoms with van der Waals surface area (Å²) in [4.78, 5) is 3.77. The van der Waals surface area contributed by atoms with E-state index in [4.69, 9.17) is 4.74 Å². The summed E-state index contributed by atoms with van der Waals surface area (Å²) >= 11 is 0. The van der Waals surface area contributed by atoms with Crippen LogP contribution in [0.4, 0.5) is 4.39 Å². The number of rotatable bonds is 4. The Morgan fingerprint density at radius 1 is 1.53 bits per heavy atom. The lowest BCUT2D eigenvalue weighted by Crippen LogP contribution is -2.13. The molecule has 0 spiro atoms. The quantitative estimate of drug-likeness (QED) is 0.814. The molecule has 2 rings (SSSR count). The van der Waals surface area contributed by atoms with Crippen LogP contribution in [0.5, 0.6) is 0 Å². The largest absolute Gasteiger partial charge is 0.376 e. The second-order valence-electron chi connectivity index (χ2n) is 3.89. The minimum atomic E-state index is -0.307. The summed E-state index contributed by atoms with van der Waals surface area (Å²) in [6.07, 6.45) is 4.00. The second kappa shape index (κ2) is 5.19. The highest BCUT2D eigenvalue weighted by atomic mass is 19.1. The number of pyridine rings is 1. The zero-order valence-corrected chi connectivity index (χ0v) is 8.58. The normalized spacial score (nSPS) is 20.7. The maximum absolute atomic E-state index is 12.8. The van der Waals surface area contributed by atoms with Gasteiger partial charge in [0.25, 0.3) is 0 Å². The van der Waals surface area contributed by atoms with E-state index in [2.05, 4.69) is 10.3 Å². The molecule has 1 aromatic heterocycles. The number of aromatic nitrogens is 1. The van der Waals surface area contributed by atoms with E-state index in [-0.39, 0.29) is 5.82 Å². The average molecular weight is 210 g/mol. The zero-order chi connectivity index (χ0) is 10.5. The van der Waals surface area contributed by atoms with E-state index in [1.54, 1.807) is 6.20 Å². The Bertz CT molecular complexity index is 313. The van der Waals surface area contributed by atoms with E-state index in [9.17, 15) is 4.39 Å².